The van der Waals surface area contributed by atoms with E-state index in [1.807, 2.05) is 12.1 Å². The van der Waals surface area contributed by atoms with Gasteiger partial charge in [0.15, 0.2) is 0 Å². The van der Waals surface area contributed by atoms with Gasteiger partial charge < -0.3 is 10.6 Å². The standard InChI is InChI=1S/C19H14ClFN4O/c20-14-4-8-16(9-5-14)24-17-11-18(23-12-22-17)25-19(26)10-3-13-1-6-15(21)7-2-13/h1-12H,(H2,22,23,24,25,26)/b10-3+. The lowest BCUT2D eigenvalue weighted by Gasteiger charge is -2.07. The summed E-state index contributed by atoms with van der Waals surface area (Å²) in [7, 11) is 0. The van der Waals surface area contributed by atoms with Gasteiger partial charge in [0, 0.05) is 22.9 Å². The Kier molecular flexibility index (Phi) is 5.56. The lowest BCUT2D eigenvalue weighted by molar-refractivity contribution is -0.111. The fraction of sp³-hybridized carbons (Fsp3) is 0. The fourth-order valence-electron chi connectivity index (χ4n) is 2.09. The Morgan fingerprint density at radius 1 is 1.00 bits per heavy atom. The smallest absolute Gasteiger partial charge is 0.249 e. The molecular formula is C19H14ClFN4O. The van der Waals surface area contributed by atoms with E-state index in [1.54, 1.807) is 36.4 Å². The highest BCUT2D eigenvalue weighted by atomic mass is 35.5. The van der Waals surface area contributed by atoms with Crippen LogP contribution < -0.4 is 10.6 Å². The zero-order valence-electron chi connectivity index (χ0n) is 13.5. The van der Waals surface area contributed by atoms with Crippen molar-refractivity contribution in [1.29, 1.82) is 0 Å². The average molecular weight is 369 g/mol. The number of benzene rings is 2. The number of nitrogens with one attached hydrogen (secondary N) is 2. The summed E-state index contributed by atoms with van der Waals surface area (Å²) in [6.07, 6.45) is 4.28. The number of carbonyl (C=O) groups is 1. The molecule has 0 bridgehead atoms. The van der Waals surface area contributed by atoms with Gasteiger partial charge in [0.25, 0.3) is 0 Å². The minimum Gasteiger partial charge on any atom is -0.340 e. The molecule has 0 aliphatic carbocycles. The van der Waals surface area contributed by atoms with Gasteiger partial charge in [0.1, 0.15) is 23.8 Å². The molecule has 0 saturated carbocycles. The first kappa shape index (κ1) is 17.6. The first-order valence-electron chi connectivity index (χ1n) is 7.68. The highest BCUT2D eigenvalue weighted by molar-refractivity contribution is 6.30. The second kappa shape index (κ2) is 8.22. The van der Waals surface area contributed by atoms with Gasteiger partial charge in [-0.25, -0.2) is 14.4 Å². The van der Waals surface area contributed by atoms with Crippen LogP contribution in [0.5, 0.6) is 0 Å². The summed E-state index contributed by atoms with van der Waals surface area (Å²) in [6, 6.07) is 14.6. The third-order valence-corrected chi connectivity index (χ3v) is 3.58. The van der Waals surface area contributed by atoms with E-state index in [-0.39, 0.29) is 11.7 Å². The lowest BCUT2D eigenvalue weighted by Crippen LogP contribution is -2.09. The van der Waals surface area contributed by atoms with E-state index in [4.69, 9.17) is 11.6 Å². The molecule has 0 unspecified atom stereocenters. The number of hydrogen-bond acceptors (Lipinski definition) is 4. The Bertz CT molecular complexity index is 927. The molecule has 2 aromatic carbocycles. The highest BCUT2D eigenvalue weighted by Gasteiger charge is 2.03. The summed E-state index contributed by atoms with van der Waals surface area (Å²) < 4.78 is 12.9. The quantitative estimate of drug-likeness (QED) is 0.642. The van der Waals surface area contributed by atoms with Crippen LogP contribution in [0.3, 0.4) is 0 Å². The van der Waals surface area contributed by atoms with Crippen molar-refractivity contribution in [1.82, 2.24) is 9.97 Å². The maximum absolute atomic E-state index is 12.9. The van der Waals surface area contributed by atoms with Gasteiger partial charge >= 0.3 is 0 Å². The van der Waals surface area contributed by atoms with Crippen LogP contribution in [0.1, 0.15) is 5.56 Å². The van der Waals surface area contributed by atoms with Crippen molar-refractivity contribution < 1.29 is 9.18 Å². The van der Waals surface area contributed by atoms with Crippen molar-refractivity contribution in [2.24, 2.45) is 0 Å². The van der Waals surface area contributed by atoms with Crippen molar-refractivity contribution >= 4 is 40.9 Å². The van der Waals surface area contributed by atoms with Gasteiger partial charge in [-0.2, -0.15) is 0 Å². The van der Waals surface area contributed by atoms with Gasteiger partial charge in [-0.05, 0) is 48.0 Å². The maximum Gasteiger partial charge on any atom is 0.249 e. The summed E-state index contributed by atoms with van der Waals surface area (Å²) in [5.41, 5.74) is 1.52. The van der Waals surface area contributed by atoms with Crippen molar-refractivity contribution in [3.63, 3.8) is 0 Å². The SMILES string of the molecule is O=C(/C=C/c1ccc(F)cc1)Nc1cc(Nc2ccc(Cl)cc2)ncn1. The van der Waals surface area contributed by atoms with Crippen LogP contribution in [-0.2, 0) is 4.79 Å². The van der Waals surface area contributed by atoms with Gasteiger partial charge in [0.05, 0.1) is 0 Å². The predicted octanol–water partition coefficient (Wildman–Crippen LogP) is 4.66. The molecule has 3 rings (SSSR count). The number of halogens is 2. The first-order valence-corrected chi connectivity index (χ1v) is 8.05. The highest BCUT2D eigenvalue weighted by Crippen LogP contribution is 2.18. The van der Waals surface area contributed by atoms with Crippen molar-refractivity contribution in [2.45, 2.75) is 0 Å². The molecule has 130 valence electrons. The second-order valence-corrected chi connectivity index (χ2v) is 5.73. The molecule has 0 aliphatic heterocycles. The van der Waals surface area contributed by atoms with E-state index in [9.17, 15) is 9.18 Å². The number of hydrogen-bond donors (Lipinski definition) is 2. The van der Waals surface area contributed by atoms with E-state index in [0.717, 1.165) is 5.69 Å². The largest absolute Gasteiger partial charge is 0.340 e. The maximum atomic E-state index is 12.9. The van der Waals surface area contributed by atoms with E-state index < -0.39 is 0 Å². The zero-order chi connectivity index (χ0) is 18.4. The molecule has 26 heavy (non-hydrogen) atoms. The molecule has 0 radical (unpaired) electrons. The molecule has 1 heterocycles. The Balaban J connectivity index is 1.63. The van der Waals surface area contributed by atoms with E-state index >= 15 is 0 Å². The van der Waals surface area contributed by atoms with Crippen LogP contribution >= 0.6 is 11.6 Å². The van der Waals surface area contributed by atoms with Gasteiger partial charge in [-0.3, -0.25) is 4.79 Å². The summed E-state index contributed by atoms with van der Waals surface area (Å²) in [5.74, 6) is 0.198. The molecule has 0 saturated heterocycles. The topological polar surface area (TPSA) is 66.9 Å². The zero-order valence-corrected chi connectivity index (χ0v) is 14.2. The summed E-state index contributed by atoms with van der Waals surface area (Å²) in [4.78, 5) is 20.1. The number of carbonyl (C=O) groups excluding carboxylic acids is 1. The monoisotopic (exact) mass is 368 g/mol. The summed E-state index contributed by atoms with van der Waals surface area (Å²) in [6.45, 7) is 0. The lowest BCUT2D eigenvalue weighted by atomic mass is 10.2. The number of rotatable bonds is 5. The van der Waals surface area contributed by atoms with Gasteiger partial charge in [0.2, 0.25) is 5.91 Å². The van der Waals surface area contributed by atoms with Crippen molar-refractivity contribution in [3.8, 4) is 0 Å². The predicted molar refractivity (Wildman–Crippen MR) is 101 cm³/mol. The molecule has 3 aromatic rings. The molecule has 1 amide bonds. The van der Waals surface area contributed by atoms with E-state index in [2.05, 4.69) is 20.6 Å². The van der Waals surface area contributed by atoms with E-state index in [0.29, 0.717) is 22.2 Å². The molecule has 2 N–H and O–H groups in total. The Morgan fingerprint density at radius 3 is 2.42 bits per heavy atom. The molecule has 1 aromatic heterocycles. The Labute approximate surface area is 154 Å². The third-order valence-electron chi connectivity index (χ3n) is 3.33. The normalized spacial score (nSPS) is 10.7. The summed E-state index contributed by atoms with van der Waals surface area (Å²) in [5, 5.41) is 6.38. The minimum absolute atomic E-state index is 0.326. The second-order valence-electron chi connectivity index (χ2n) is 5.29. The minimum atomic E-state index is -0.356. The van der Waals surface area contributed by atoms with Crippen molar-refractivity contribution in [3.05, 3.63) is 83.4 Å². The molecule has 7 heteroatoms. The summed E-state index contributed by atoms with van der Waals surface area (Å²) >= 11 is 5.85. The molecule has 0 fully saturated rings. The number of anilines is 3. The van der Waals surface area contributed by atoms with Crippen LogP contribution in [0.4, 0.5) is 21.7 Å². The molecular weight excluding hydrogens is 355 g/mol. The van der Waals surface area contributed by atoms with Crippen LogP contribution in [-0.4, -0.2) is 15.9 Å². The van der Waals surface area contributed by atoms with Gasteiger partial charge in [-0.15, -0.1) is 0 Å². The van der Waals surface area contributed by atoms with Gasteiger partial charge in [-0.1, -0.05) is 23.7 Å². The van der Waals surface area contributed by atoms with E-state index in [1.165, 1.54) is 24.5 Å². The molecule has 0 aliphatic rings. The fourth-order valence-corrected chi connectivity index (χ4v) is 2.21. The van der Waals surface area contributed by atoms with Crippen LogP contribution in [0, 0.1) is 5.82 Å². The Hall–Kier alpha value is -3.25. The number of amides is 1. The Morgan fingerprint density at radius 2 is 1.69 bits per heavy atom. The van der Waals surface area contributed by atoms with Crippen LogP contribution in [0.25, 0.3) is 6.08 Å². The molecule has 5 nitrogen and oxygen atoms in total. The third kappa shape index (κ3) is 5.12. The molecule has 0 atom stereocenters. The number of aromatic nitrogens is 2. The molecule has 0 spiro atoms. The first-order chi connectivity index (χ1) is 12.6. The average Bonchev–Trinajstić information content (AvgIpc) is 2.63. The van der Waals surface area contributed by atoms with Crippen molar-refractivity contribution in [2.75, 3.05) is 10.6 Å². The van der Waals surface area contributed by atoms with Crippen LogP contribution in [0.2, 0.25) is 5.02 Å². The number of nitrogens with zero attached hydrogens (tertiary/aromatic N) is 2. The van der Waals surface area contributed by atoms with Crippen LogP contribution in [0.15, 0.2) is 67.0 Å².